The largest absolute Gasteiger partial charge is 0.469 e. The molecule has 1 aliphatic rings. The molecule has 3 atom stereocenters. The van der Waals surface area contributed by atoms with Gasteiger partial charge in [-0.3, -0.25) is 14.1 Å². The predicted molar refractivity (Wildman–Crippen MR) is 233 cm³/mol. The molecule has 0 aliphatic carbocycles. The van der Waals surface area contributed by atoms with Crippen molar-refractivity contribution in [2.24, 2.45) is 0 Å². The van der Waals surface area contributed by atoms with Gasteiger partial charge in [-0.15, -0.1) is 0 Å². The number of carbonyl (C=O) groups excluding carboxylic acids is 2. The third kappa shape index (κ3) is 36.5. The summed E-state index contributed by atoms with van der Waals surface area (Å²) in [7, 11) is -4.80. The molecule has 0 bridgehead atoms. The molecule has 1 saturated heterocycles. The van der Waals surface area contributed by atoms with Crippen molar-refractivity contribution in [1.29, 1.82) is 0 Å². The minimum Gasteiger partial charge on any atom is -0.462 e. The SMILES string of the molecule is CC/C=C\C/C=C\C/C=C\C/C=C\C/C=C\CCCCCC(=O)OC[C@H](COP(=O)(O)O)OC(=O)CC/C=C\C/C=C\C/C=C\C/C=C\CC1OC1C/C=C\CC. The average molecular weight is 811 g/mol. The first-order valence-electron chi connectivity index (χ1n) is 21.0. The van der Waals surface area contributed by atoms with E-state index in [0.29, 0.717) is 25.0 Å². The summed E-state index contributed by atoms with van der Waals surface area (Å²) in [5.41, 5.74) is 0. The first kappa shape index (κ1) is 51.4. The van der Waals surface area contributed by atoms with Crippen LogP contribution in [-0.2, 0) is 32.9 Å². The molecule has 1 heterocycles. The van der Waals surface area contributed by atoms with E-state index in [4.69, 9.17) is 24.0 Å². The van der Waals surface area contributed by atoms with E-state index in [-0.39, 0.29) is 19.4 Å². The Morgan fingerprint density at radius 1 is 0.544 bits per heavy atom. The van der Waals surface area contributed by atoms with Crippen LogP contribution in [0.3, 0.4) is 0 Å². The maximum atomic E-state index is 12.4. The molecule has 9 nitrogen and oxygen atoms in total. The minimum atomic E-state index is -4.80. The van der Waals surface area contributed by atoms with Gasteiger partial charge in [0.05, 0.1) is 18.8 Å². The van der Waals surface area contributed by atoms with Gasteiger partial charge in [0.2, 0.25) is 0 Å². The van der Waals surface area contributed by atoms with E-state index in [1.54, 1.807) is 0 Å². The van der Waals surface area contributed by atoms with E-state index in [0.717, 1.165) is 89.9 Å². The lowest BCUT2D eigenvalue weighted by Crippen LogP contribution is -2.29. The molecule has 0 aromatic heterocycles. The molecule has 0 radical (unpaired) electrons. The van der Waals surface area contributed by atoms with Gasteiger partial charge in [0.15, 0.2) is 6.10 Å². The van der Waals surface area contributed by atoms with E-state index in [9.17, 15) is 14.2 Å². The quantitative estimate of drug-likeness (QED) is 0.0211. The second-order valence-corrected chi connectivity index (χ2v) is 14.8. The number of rotatable bonds is 35. The highest BCUT2D eigenvalue weighted by atomic mass is 31.2. The van der Waals surface area contributed by atoms with Crippen molar-refractivity contribution < 1.29 is 42.7 Å². The van der Waals surface area contributed by atoms with Crippen LogP contribution >= 0.6 is 7.82 Å². The molecule has 2 unspecified atom stereocenters. The van der Waals surface area contributed by atoms with Gasteiger partial charge in [-0.2, -0.15) is 0 Å². The van der Waals surface area contributed by atoms with Crippen molar-refractivity contribution in [3.05, 3.63) is 122 Å². The fourth-order valence-electron chi connectivity index (χ4n) is 5.23. The number of hydrogen-bond acceptors (Lipinski definition) is 7. The van der Waals surface area contributed by atoms with Crippen molar-refractivity contribution in [1.82, 2.24) is 0 Å². The highest BCUT2D eigenvalue weighted by Gasteiger charge is 2.35. The summed E-state index contributed by atoms with van der Waals surface area (Å²) in [6.45, 7) is 3.34. The number of phosphoric ester groups is 1. The predicted octanol–water partition coefficient (Wildman–Crippen LogP) is 11.9. The van der Waals surface area contributed by atoms with Gasteiger partial charge in [-0.05, 0) is 96.3 Å². The van der Waals surface area contributed by atoms with Crippen molar-refractivity contribution in [3.8, 4) is 0 Å². The highest BCUT2D eigenvalue weighted by molar-refractivity contribution is 7.46. The maximum absolute atomic E-state index is 12.4. The molecule has 0 saturated carbocycles. The second-order valence-electron chi connectivity index (χ2n) is 13.6. The first-order chi connectivity index (χ1) is 27.7. The van der Waals surface area contributed by atoms with Gasteiger partial charge in [-0.1, -0.05) is 142 Å². The summed E-state index contributed by atoms with van der Waals surface area (Å²) in [5, 5.41) is 0. The standard InChI is InChI=1S/C47H71O9P/c1-3-5-7-8-9-10-11-12-13-14-15-16-17-18-22-25-28-31-35-39-46(48)53-41-43(42-54-57(50,51)52)55-47(49)40-36-32-29-26-23-20-19-21-24-27-30-34-38-45-44(56-45)37-33-6-4-2/h5-7,9-10,12-13,15-16,18,20-24,29-30,32-34,43-45H,3-4,8,11,14,17,19,25-28,31,35-42H2,1-2H3,(H2,50,51,52)/b7-5-,10-9-,13-12-,16-15-,22-18-,23-20-,24-21-,32-29-,33-6-,34-30-/t43-,44?,45?/m1/s1. The molecule has 1 aliphatic heterocycles. The molecule has 2 N–H and O–H groups in total. The average Bonchev–Trinajstić information content (AvgIpc) is 3.94. The molecular formula is C47H71O9P. The van der Waals surface area contributed by atoms with Crippen molar-refractivity contribution in [3.63, 3.8) is 0 Å². The number of epoxide rings is 1. The van der Waals surface area contributed by atoms with Crippen molar-refractivity contribution in [2.75, 3.05) is 13.2 Å². The Balaban J connectivity index is 2.16. The van der Waals surface area contributed by atoms with E-state index in [2.05, 4.69) is 128 Å². The summed E-state index contributed by atoms with van der Waals surface area (Å²) in [6, 6.07) is 0. The monoisotopic (exact) mass is 810 g/mol. The van der Waals surface area contributed by atoms with Crippen LogP contribution in [0.15, 0.2) is 122 Å². The summed E-state index contributed by atoms with van der Waals surface area (Å²) in [5.74, 6) is -1.04. The maximum Gasteiger partial charge on any atom is 0.469 e. The van der Waals surface area contributed by atoms with Gasteiger partial charge in [-0.25, -0.2) is 4.57 Å². The number of hydrogen-bond donors (Lipinski definition) is 2. The Morgan fingerprint density at radius 2 is 0.982 bits per heavy atom. The summed E-state index contributed by atoms with van der Waals surface area (Å²) < 4.78 is 32.0. The van der Waals surface area contributed by atoms with Crippen molar-refractivity contribution in [2.45, 2.75) is 148 Å². The topological polar surface area (TPSA) is 132 Å². The fourth-order valence-corrected chi connectivity index (χ4v) is 5.59. The van der Waals surface area contributed by atoms with Crippen molar-refractivity contribution >= 4 is 19.8 Å². The normalized spacial score (nSPS) is 17.3. The highest BCUT2D eigenvalue weighted by Crippen LogP contribution is 2.36. The van der Waals surface area contributed by atoms with E-state index in [1.165, 1.54) is 0 Å². The Hall–Kier alpha value is -3.59. The molecule has 0 aromatic rings. The lowest BCUT2D eigenvalue weighted by molar-refractivity contribution is -0.161. The van der Waals surface area contributed by atoms with Crippen LogP contribution in [0.5, 0.6) is 0 Å². The van der Waals surface area contributed by atoms with Gasteiger partial charge in [0, 0.05) is 12.8 Å². The fraction of sp³-hybridized carbons (Fsp3) is 0.532. The van der Waals surface area contributed by atoms with Gasteiger partial charge in [0.25, 0.3) is 0 Å². The molecule has 0 amide bonds. The minimum absolute atomic E-state index is 0.0676. The lowest BCUT2D eigenvalue weighted by Gasteiger charge is -2.18. The number of esters is 2. The number of unbranched alkanes of at least 4 members (excludes halogenated alkanes) is 3. The molecule has 318 valence electrons. The van der Waals surface area contributed by atoms with Crippen LogP contribution < -0.4 is 0 Å². The van der Waals surface area contributed by atoms with Gasteiger partial charge >= 0.3 is 19.8 Å². The number of carbonyl (C=O) groups is 2. The molecule has 10 heteroatoms. The molecule has 1 fully saturated rings. The van der Waals surface area contributed by atoms with E-state index >= 15 is 0 Å². The van der Waals surface area contributed by atoms with Gasteiger partial charge in [0.1, 0.15) is 6.61 Å². The van der Waals surface area contributed by atoms with Crippen LogP contribution in [0.25, 0.3) is 0 Å². The van der Waals surface area contributed by atoms with Crippen LogP contribution in [-0.4, -0.2) is 53.3 Å². The van der Waals surface area contributed by atoms with E-state index in [1.807, 2.05) is 12.2 Å². The molecular weight excluding hydrogens is 739 g/mol. The van der Waals surface area contributed by atoms with E-state index < -0.39 is 32.5 Å². The van der Waals surface area contributed by atoms with Crippen LogP contribution in [0.2, 0.25) is 0 Å². The Morgan fingerprint density at radius 3 is 1.49 bits per heavy atom. The lowest BCUT2D eigenvalue weighted by atomic mass is 10.1. The smallest absolute Gasteiger partial charge is 0.462 e. The zero-order valence-electron chi connectivity index (χ0n) is 34.6. The molecule has 1 rings (SSSR count). The molecule has 57 heavy (non-hydrogen) atoms. The zero-order chi connectivity index (χ0) is 41.5. The second kappa shape index (κ2) is 36.7. The Labute approximate surface area is 344 Å². The Kier molecular flexibility index (Phi) is 33.1. The number of allylic oxidation sites excluding steroid dienone is 18. The number of phosphoric acid groups is 1. The third-order valence-electron chi connectivity index (χ3n) is 8.39. The summed E-state index contributed by atoms with van der Waals surface area (Å²) in [6.07, 6.45) is 56.8. The molecule has 0 aromatic carbocycles. The third-order valence-corrected chi connectivity index (χ3v) is 8.88. The summed E-state index contributed by atoms with van der Waals surface area (Å²) >= 11 is 0. The first-order valence-corrected chi connectivity index (χ1v) is 22.5. The Bertz CT molecular complexity index is 1390. The van der Waals surface area contributed by atoms with Gasteiger partial charge < -0.3 is 24.0 Å². The zero-order valence-corrected chi connectivity index (χ0v) is 35.5. The van der Waals surface area contributed by atoms with Crippen LogP contribution in [0.4, 0.5) is 0 Å². The summed E-state index contributed by atoms with van der Waals surface area (Å²) in [4.78, 5) is 42.8. The van der Waals surface area contributed by atoms with Crippen LogP contribution in [0.1, 0.15) is 129 Å². The number of ether oxygens (including phenoxy) is 3. The van der Waals surface area contributed by atoms with Crippen LogP contribution in [0, 0.1) is 0 Å². The molecule has 0 spiro atoms.